The largest absolute Gasteiger partial charge is 0.497 e. The Balaban J connectivity index is 1.72. The Morgan fingerprint density at radius 3 is 2.45 bits per heavy atom. The average Bonchev–Trinajstić information content (AvgIpc) is 2.87. The second kappa shape index (κ2) is 10.8. The Bertz CT molecular complexity index is 1170. The third-order valence-electron chi connectivity index (χ3n) is 5.34. The van der Waals surface area contributed by atoms with Crippen LogP contribution in [0, 0.1) is 11.3 Å². The molecule has 0 radical (unpaired) electrons. The number of rotatable bonds is 6. The van der Waals surface area contributed by atoms with Gasteiger partial charge in [-0.05, 0) is 35.9 Å². The van der Waals surface area contributed by atoms with Crippen molar-refractivity contribution in [2.45, 2.75) is 5.03 Å². The number of carbonyl (C=O) groups excluding carboxylic acids is 1. The number of carbonyl (C=O) groups is 1. The van der Waals surface area contributed by atoms with Crippen molar-refractivity contribution in [3.63, 3.8) is 0 Å². The van der Waals surface area contributed by atoms with Gasteiger partial charge < -0.3 is 14.4 Å². The van der Waals surface area contributed by atoms with E-state index in [0.717, 1.165) is 32.6 Å². The fourth-order valence-electron chi connectivity index (χ4n) is 3.54. The van der Waals surface area contributed by atoms with Crippen LogP contribution < -0.4 is 4.74 Å². The van der Waals surface area contributed by atoms with Gasteiger partial charge in [0.05, 0.1) is 37.3 Å². The Labute approximate surface area is 205 Å². The minimum Gasteiger partial charge on any atom is -0.497 e. The van der Waals surface area contributed by atoms with Gasteiger partial charge in [-0.15, -0.1) is 0 Å². The zero-order valence-electron chi connectivity index (χ0n) is 18.1. The molecule has 168 valence electrons. The maximum Gasteiger partial charge on any atom is 0.233 e. The summed E-state index contributed by atoms with van der Waals surface area (Å²) >= 11 is 4.77. The highest BCUT2D eigenvalue weighted by atomic mass is 79.9. The molecule has 0 aliphatic carbocycles. The summed E-state index contributed by atoms with van der Waals surface area (Å²) in [6, 6.07) is 19.7. The van der Waals surface area contributed by atoms with E-state index in [1.807, 2.05) is 54.6 Å². The summed E-state index contributed by atoms with van der Waals surface area (Å²) in [4.78, 5) is 19.3. The Hall–Kier alpha value is -2.86. The monoisotopic (exact) mass is 523 g/mol. The fourth-order valence-corrected chi connectivity index (χ4v) is 4.71. The van der Waals surface area contributed by atoms with Crippen molar-refractivity contribution in [1.29, 1.82) is 5.26 Å². The van der Waals surface area contributed by atoms with E-state index in [4.69, 9.17) is 14.5 Å². The molecule has 1 aliphatic rings. The van der Waals surface area contributed by atoms with Gasteiger partial charge in [0.25, 0.3) is 0 Å². The van der Waals surface area contributed by atoms with Gasteiger partial charge in [0, 0.05) is 28.7 Å². The SMILES string of the molecule is COc1ccc(-c2cc(-c3ccc(Br)cc3)nc(SCC(=O)N3CCOCC3)c2C#N)cc1. The Kier molecular flexibility index (Phi) is 7.65. The summed E-state index contributed by atoms with van der Waals surface area (Å²) in [6.45, 7) is 2.29. The van der Waals surface area contributed by atoms with E-state index in [-0.39, 0.29) is 11.7 Å². The van der Waals surface area contributed by atoms with E-state index in [1.165, 1.54) is 11.8 Å². The number of morpholine rings is 1. The summed E-state index contributed by atoms with van der Waals surface area (Å²) in [7, 11) is 1.62. The van der Waals surface area contributed by atoms with Crippen LogP contribution in [0.3, 0.4) is 0 Å². The number of hydrogen-bond donors (Lipinski definition) is 0. The molecule has 0 spiro atoms. The molecule has 0 saturated carbocycles. The lowest BCUT2D eigenvalue weighted by atomic mass is 9.99. The zero-order chi connectivity index (χ0) is 23.2. The molecule has 1 saturated heterocycles. The standard InChI is InChI=1S/C25H22BrN3O3S/c1-31-20-8-4-17(5-9-20)21-14-23(18-2-6-19(26)7-3-18)28-25(22(21)15-27)33-16-24(30)29-10-12-32-13-11-29/h2-9,14H,10-13,16H2,1H3. The number of amides is 1. The van der Waals surface area contributed by atoms with E-state index < -0.39 is 0 Å². The van der Waals surface area contributed by atoms with Crippen LogP contribution in [0.5, 0.6) is 5.75 Å². The van der Waals surface area contributed by atoms with Gasteiger partial charge in [-0.25, -0.2) is 4.98 Å². The molecule has 33 heavy (non-hydrogen) atoms. The summed E-state index contributed by atoms with van der Waals surface area (Å²) in [5.74, 6) is 0.979. The maximum absolute atomic E-state index is 12.7. The van der Waals surface area contributed by atoms with E-state index in [2.05, 4.69) is 22.0 Å². The van der Waals surface area contributed by atoms with Gasteiger partial charge in [0.2, 0.25) is 5.91 Å². The first kappa shape index (κ1) is 23.3. The zero-order valence-corrected chi connectivity index (χ0v) is 20.5. The van der Waals surface area contributed by atoms with Crippen molar-refractivity contribution in [3.05, 3.63) is 64.6 Å². The van der Waals surface area contributed by atoms with Crippen molar-refractivity contribution in [2.24, 2.45) is 0 Å². The quantitative estimate of drug-likeness (QED) is 0.422. The third-order valence-corrected chi connectivity index (χ3v) is 6.82. The van der Waals surface area contributed by atoms with Crippen molar-refractivity contribution in [1.82, 2.24) is 9.88 Å². The molecular formula is C25H22BrN3O3S. The number of ether oxygens (including phenoxy) is 2. The Morgan fingerprint density at radius 2 is 1.82 bits per heavy atom. The van der Waals surface area contributed by atoms with Gasteiger partial charge in [0.1, 0.15) is 16.8 Å². The molecule has 1 amide bonds. The summed E-state index contributed by atoms with van der Waals surface area (Å²) < 4.78 is 11.6. The maximum atomic E-state index is 12.7. The normalized spacial score (nSPS) is 13.4. The van der Waals surface area contributed by atoms with Crippen LogP contribution in [0.4, 0.5) is 0 Å². The van der Waals surface area contributed by atoms with Crippen LogP contribution in [0.15, 0.2) is 64.1 Å². The number of nitriles is 1. The number of thioether (sulfide) groups is 1. The molecule has 6 nitrogen and oxygen atoms in total. The lowest BCUT2D eigenvalue weighted by Gasteiger charge is -2.26. The first-order chi connectivity index (χ1) is 16.1. The first-order valence-electron chi connectivity index (χ1n) is 10.4. The van der Waals surface area contributed by atoms with Crippen LogP contribution in [0.25, 0.3) is 22.4 Å². The predicted molar refractivity (Wildman–Crippen MR) is 132 cm³/mol. The van der Waals surface area contributed by atoms with E-state index >= 15 is 0 Å². The molecule has 4 rings (SSSR count). The predicted octanol–water partition coefficient (Wildman–Crippen LogP) is 5.01. The number of hydrogen-bond acceptors (Lipinski definition) is 6. The van der Waals surface area contributed by atoms with Crippen molar-refractivity contribution < 1.29 is 14.3 Å². The highest BCUT2D eigenvalue weighted by Gasteiger charge is 2.20. The van der Waals surface area contributed by atoms with Gasteiger partial charge in [-0.3, -0.25) is 4.79 Å². The minimum atomic E-state index is 0.0223. The van der Waals surface area contributed by atoms with Crippen LogP contribution in [0.2, 0.25) is 0 Å². The molecule has 0 atom stereocenters. The van der Waals surface area contributed by atoms with Crippen molar-refractivity contribution in [3.8, 4) is 34.2 Å². The van der Waals surface area contributed by atoms with Crippen LogP contribution in [0.1, 0.15) is 5.56 Å². The number of benzene rings is 2. The van der Waals surface area contributed by atoms with Crippen LogP contribution >= 0.6 is 27.7 Å². The highest BCUT2D eigenvalue weighted by Crippen LogP contribution is 2.35. The molecule has 8 heteroatoms. The van der Waals surface area contributed by atoms with Gasteiger partial charge in [-0.2, -0.15) is 5.26 Å². The molecule has 2 aromatic carbocycles. The average molecular weight is 524 g/mol. The lowest BCUT2D eigenvalue weighted by molar-refractivity contribution is -0.132. The second-order valence-electron chi connectivity index (χ2n) is 7.36. The first-order valence-corrected chi connectivity index (χ1v) is 12.2. The number of nitrogens with zero attached hydrogens (tertiary/aromatic N) is 3. The number of pyridine rings is 1. The molecule has 2 heterocycles. The summed E-state index contributed by atoms with van der Waals surface area (Å²) in [6.07, 6.45) is 0. The van der Waals surface area contributed by atoms with Crippen LogP contribution in [-0.4, -0.2) is 55.0 Å². The molecule has 1 aliphatic heterocycles. The van der Waals surface area contributed by atoms with Gasteiger partial charge in [0.15, 0.2) is 0 Å². The molecule has 1 fully saturated rings. The summed E-state index contributed by atoms with van der Waals surface area (Å²) in [5, 5.41) is 10.6. The van der Waals surface area contributed by atoms with E-state index in [0.29, 0.717) is 36.9 Å². The topological polar surface area (TPSA) is 75.4 Å². The van der Waals surface area contributed by atoms with Crippen molar-refractivity contribution in [2.75, 3.05) is 39.2 Å². The molecular weight excluding hydrogens is 502 g/mol. The molecule has 0 unspecified atom stereocenters. The molecule has 3 aromatic rings. The van der Waals surface area contributed by atoms with E-state index in [9.17, 15) is 10.1 Å². The van der Waals surface area contributed by atoms with Crippen LogP contribution in [-0.2, 0) is 9.53 Å². The lowest BCUT2D eigenvalue weighted by Crippen LogP contribution is -2.41. The molecule has 1 aromatic heterocycles. The summed E-state index contributed by atoms with van der Waals surface area (Å²) in [5.41, 5.74) is 3.79. The third kappa shape index (κ3) is 5.56. The highest BCUT2D eigenvalue weighted by molar-refractivity contribution is 9.10. The van der Waals surface area contributed by atoms with Crippen molar-refractivity contribution >= 4 is 33.6 Å². The molecule has 0 bridgehead atoms. The van der Waals surface area contributed by atoms with Gasteiger partial charge >= 0.3 is 0 Å². The second-order valence-corrected chi connectivity index (χ2v) is 9.24. The van der Waals surface area contributed by atoms with E-state index in [1.54, 1.807) is 12.0 Å². The molecule has 0 N–H and O–H groups in total. The fraction of sp³-hybridized carbons (Fsp3) is 0.240. The van der Waals surface area contributed by atoms with Gasteiger partial charge in [-0.1, -0.05) is 52.0 Å². The minimum absolute atomic E-state index is 0.0223. The number of aromatic nitrogens is 1. The number of halogens is 1. The smallest absolute Gasteiger partial charge is 0.233 e. The number of methoxy groups -OCH3 is 1. The Morgan fingerprint density at radius 1 is 1.15 bits per heavy atom.